The van der Waals surface area contributed by atoms with Crippen molar-refractivity contribution in [2.45, 2.75) is 26.8 Å². The molecule has 1 saturated heterocycles. The van der Waals surface area contributed by atoms with Crippen molar-refractivity contribution in [3.63, 3.8) is 0 Å². The van der Waals surface area contributed by atoms with Crippen LogP contribution in [0.5, 0.6) is 0 Å². The normalized spacial score (nSPS) is 18.6. The van der Waals surface area contributed by atoms with Gasteiger partial charge in [0.1, 0.15) is 0 Å². The highest BCUT2D eigenvalue weighted by atomic mass is 16.2. The molecule has 6 nitrogen and oxygen atoms in total. The van der Waals surface area contributed by atoms with Crippen molar-refractivity contribution in [2.75, 3.05) is 26.2 Å². The van der Waals surface area contributed by atoms with E-state index in [2.05, 4.69) is 5.10 Å². The second kappa shape index (κ2) is 6.54. The molecule has 6 heteroatoms. The molecule has 20 heavy (non-hydrogen) atoms. The summed E-state index contributed by atoms with van der Waals surface area (Å²) in [5.74, 6) is -0.00189. The van der Waals surface area contributed by atoms with E-state index in [9.17, 15) is 9.59 Å². The van der Waals surface area contributed by atoms with Crippen molar-refractivity contribution in [1.82, 2.24) is 19.6 Å². The Kier molecular flexibility index (Phi) is 4.76. The maximum absolute atomic E-state index is 12.5. The van der Waals surface area contributed by atoms with E-state index in [-0.39, 0.29) is 17.7 Å². The summed E-state index contributed by atoms with van der Waals surface area (Å²) in [5, 5.41) is 4.13. The fraction of sp³-hybridized carbons (Fsp3) is 0.643. The summed E-state index contributed by atoms with van der Waals surface area (Å²) in [5.41, 5.74) is 0. The maximum Gasteiger partial charge on any atom is 0.228 e. The van der Waals surface area contributed by atoms with E-state index in [1.165, 1.54) is 0 Å². The molecular weight excluding hydrogens is 256 g/mol. The molecule has 0 aromatic carbocycles. The van der Waals surface area contributed by atoms with E-state index < -0.39 is 0 Å². The van der Waals surface area contributed by atoms with Crippen molar-refractivity contribution in [1.29, 1.82) is 0 Å². The van der Waals surface area contributed by atoms with Crippen molar-refractivity contribution in [2.24, 2.45) is 5.92 Å². The van der Waals surface area contributed by atoms with E-state index in [1.807, 2.05) is 35.7 Å². The lowest BCUT2D eigenvalue weighted by Gasteiger charge is -2.24. The highest BCUT2D eigenvalue weighted by Gasteiger charge is 2.35. The van der Waals surface area contributed by atoms with Gasteiger partial charge in [-0.3, -0.25) is 14.3 Å². The molecule has 0 N–H and O–H groups in total. The topological polar surface area (TPSA) is 58.4 Å². The molecule has 1 atom stereocenters. The van der Waals surface area contributed by atoms with Crippen LogP contribution in [-0.2, 0) is 16.1 Å². The number of nitrogens with zero attached hydrogens (tertiary/aromatic N) is 4. The van der Waals surface area contributed by atoms with E-state index in [0.717, 1.165) is 0 Å². The molecule has 1 aliphatic heterocycles. The minimum absolute atomic E-state index is 0.0870. The molecule has 0 bridgehead atoms. The molecule has 0 spiro atoms. The molecule has 110 valence electrons. The summed E-state index contributed by atoms with van der Waals surface area (Å²) in [6.07, 6.45) is 3.97. The Balaban J connectivity index is 1.90. The smallest absolute Gasteiger partial charge is 0.228 e. The first kappa shape index (κ1) is 14.6. The first-order chi connectivity index (χ1) is 9.65. The van der Waals surface area contributed by atoms with Gasteiger partial charge in [-0.2, -0.15) is 5.10 Å². The molecule has 0 unspecified atom stereocenters. The number of likely N-dealkylation sites (tertiary alicyclic amines) is 1. The van der Waals surface area contributed by atoms with Crippen LogP contribution < -0.4 is 0 Å². The Hall–Kier alpha value is -1.85. The van der Waals surface area contributed by atoms with E-state index in [4.69, 9.17) is 0 Å². The Morgan fingerprint density at radius 2 is 2.30 bits per heavy atom. The van der Waals surface area contributed by atoms with E-state index >= 15 is 0 Å². The second-order valence-corrected chi connectivity index (χ2v) is 5.02. The third kappa shape index (κ3) is 3.18. The molecule has 1 aliphatic rings. The lowest BCUT2D eigenvalue weighted by atomic mass is 10.1. The minimum atomic E-state index is -0.181. The van der Waals surface area contributed by atoms with Crippen molar-refractivity contribution < 1.29 is 9.59 Å². The van der Waals surface area contributed by atoms with E-state index in [0.29, 0.717) is 39.1 Å². The molecule has 1 aromatic rings. The zero-order valence-electron chi connectivity index (χ0n) is 12.2. The van der Waals surface area contributed by atoms with Crippen LogP contribution in [0.25, 0.3) is 0 Å². The average molecular weight is 278 g/mol. The van der Waals surface area contributed by atoms with Gasteiger partial charge in [0.25, 0.3) is 0 Å². The maximum atomic E-state index is 12.5. The average Bonchev–Trinajstić information content (AvgIpc) is 3.08. The Labute approximate surface area is 119 Å². The molecule has 2 rings (SSSR count). The summed E-state index contributed by atoms with van der Waals surface area (Å²) in [7, 11) is 0. The van der Waals surface area contributed by atoms with Crippen LogP contribution in [-0.4, -0.2) is 57.6 Å². The van der Waals surface area contributed by atoms with Crippen LogP contribution in [0.3, 0.4) is 0 Å². The molecule has 0 aliphatic carbocycles. The Morgan fingerprint density at radius 3 is 2.85 bits per heavy atom. The summed E-state index contributed by atoms with van der Waals surface area (Å²) in [4.78, 5) is 27.7. The first-order valence-electron chi connectivity index (χ1n) is 7.19. The number of carbonyl (C=O) groups excluding carboxylic acids is 2. The SMILES string of the molecule is CCN1C[C@@H](C(=O)N(CC)CCn2cccn2)CC1=O. The number of hydrogen-bond acceptors (Lipinski definition) is 3. The largest absolute Gasteiger partial charge is 0.342 e. The van der Waals surface area contributed by atoms with Gasteiger partial charge in [-0.1, -0.05) is 0 Å². The van der Waals surface area contributed by atoms with Crippen LogP contribution >= 0.6 is 0 Å². The van der Waals surface area contributed by atoms with Gasteiger partial charge in [0, 0.05) is 45.0 Å². The third-order valence-corrected chi connectivity index (χ3v) is 3.80. The number of rotatable bonds is 6. The molecule has 0 radical (unpaired) electrons. The van der Waals surface area contributed by atoms with E-state index in [1.54, 1.807) is 11.1 Å². The van der Waals surface area contributed by atoms with Gasteiger partial charge in [0.15, 0.2) is 0 Å². The number of aromatic nitrogens is 2. The molecule has 0 saturated carbocycles. The van der Waals surface area contributed by atoms with Crippen LogP contribution in [0.2, 0.25) is 0 Å². The van der Waals surface area contributed by atoms with Gasteiger partial charge in [-0.15, -0.1) is 0 Å². The zero-order valence-corrected chi connectivity index (χ0v) is 12.2. The first-order valence-corrected chi connectivity index (χ1v) is 7.19. The molecule has 2 heterocycles. The quantitative estimate of drug-likeness (QED) is 0.765. The summed E-state index contributed by atoms with van der Waals surface area (Å²) < 4.78 is 1.81. The highest BCUT2D eigenvalue weighted by Crippen LogP contribution is 2.19. The van der Waals surface area contributed by atoms with Crippen molar-refractivity contribution in [3.8, 4) is 0 Å². The Morgan fingerprint density at radius 1 is 1.50 bits per heavy atom. The summed E-state index contributed by atoms with van der Waals surface area (Å²) in [6, 6.07) is 1.87. The molecule has 1 aromatic heterocycles. The summed E-state index contributed by atoms with van der Waals surface area (Å²) in [6.45, 7) is 7.14. The van der Waals surface area contributed by atoms with Crippen LogP contribution in [0.4, 0.5) is 0 Å². The lowest BCUT2D eigenvalue weighted by molar-refractivity contribution is -0.135. The number of amides is 2. The standard InChI is InChI=1S/C14H22N4O2/c1-3-16(8-9-18-7-5-6-15-18)14(20)12-10-13(19)17(4-2)11-12/h5-7,12H,3-4,8-11H2,1-2H3/t12-/m0/s1. The van der Waals surface area contributed by atoms with Crippen LogP contribution in [0.1, 0.15) is 20.3 Å². The number of hydrogen-bond donors (Lipinski definition) is 0. The summed E-state index contributed by atoms with van der Waals surface area (Å²) >= 11 is 0. The van der Waals surface area contributed by atoms with Gasteiger partial charge < -0.3 is 9.80 Å². The van der Waals surface area contributed by atoms with Gasteiger partial charge in [0.2, 0.25) is 11.8 Å². The van der Waals surface area contributed by atoms with Crippen LogP contribution in [0.15, 0.2) is 18.5 Å². The highest BCUT2D eigenvalue weighted by molar-refractivity contribution is 5.89. The zero-order chi connectivity index (χ0) is 14.5. The number of likely N-dealkylation sites (N-methyl/N-ethyl adjacent to an activating group) is 1. The fourth-order valence-corrected chi connectivity index (χ4v) is 2.58. The fourth-order valence-electron chi connectivity index (χ4n) is 2.58. The molecular formula is C14H22N4O2. The van der Waals surface area contributed by atoms with Crippen LogP contribution in [0, 0.1) is 5.92 Å². The minimum Gasteiger partial charge on any atom is -0.342 e. The van der Waals surface area contributed by atoms with Crippen molar-refractivity contribution in [3.05, 3.63) is 18.5 Å². The molecule has 2 amide bonds. The second-order valence-electron chi connectivity index (χ2n) is 5.02. The lowest BCUT2D eigenvalue weighted by Crippen LogP contribution is -2.39. The van der Waals surface area contributed by atoms with Gasteiger partial charge in [0.05, 0.1) is 12.5 Å². The monoisotopic (exact) mass is 278 g/mol. The van der Waals surface area contributed by atoms with Gasteiger partial charge in [-0.25, -0.2) is 0 Å². The van der Waals surface area contributed by atoms with Gasteiger partial charge in [-0.05, 0) is 19.9 Å². The number of carbonyl (C=O) groups is 2. The predicted molar refractivity (Wildman–Crippen MR) is 74.8 cm³/mol. The van der Waals surface area contributed by atoms with Gasteiger partial charge >= 0.3 is 0 Å². The third-order valence-electron chi connectivity index (χ3n) is 3.80. The Bertz CT molecular complexity index is 458. The van der Waals surface area contributed by atoms with Crippen molar-refractivity contribution >= 4 is 11.8 Å². The molecule has 1 fully saturated rings. The predicted octanol–water partition coefficient (Wildman–Crippen LogP) is 0.600.